The van der Waals surface area contributed by atoms with Gasteiger partial charge < -0.3 is 9.47 Å². The summed E-state index contributed by atoms with van der Waals surface area (Å²) in [6, 6.07) is 21.5. The van der Waals surface area contributed by atoms with Gasteiger partial charge in [-0.05, 0) is 74.0 Å². The minimum atomic E-state index is -0.640. The standard InChI is InChI=1S/C17H11ClN2O3S.C11H11NO2S.C6H2Cl3NO/c1-2-23-17(22)13-14(21)9-7-8-12(18)19-15(9)20-10-5-3-4-6-11(10)24-16(13)20;1-2-14-11(13)7-10-12-8-5-3-4-6-9(8)15-10;7-4-2-1-3(6(9)11)5(8)10-4/h3-8H,2H2,1H3;3-6H,2,7H2,1H3;1-2H. The topological polar surface area (TPSA) is 130 Å². The van der Waals surface area contributed by atoms with Crippen LogP contribution in [0.5, 0.6) is 0 Å². The van der Waals surface area contributed by atoms with Crippen LogP contribution in [0.2, 0.25) is 15.5 Å². The molecule has 7 aromatic rings. The first-order chi connectivity index (χ1) is 24.0. The van der Waals surface area contributed by atoms with Gasteiger partial charge in [-0.15, -0.1) is 22.7 Å². The zero-order valence-corrected chi connectivity index (χ0v) is 30.8. The van der Waals surface area contributed by atoms with E-state index >= 15 is 0 Å². The van der Waals surface area contributed by atoms with Crippen molar-refractivity contribution in [3.63, 3.8) is 0 Å². The monoisotopic (exact) mass is 788 g/mol. The minimum absolute atomic E-state index is 0.0255. The number of thiazole rings is 2. The number of benzene rings is 2. The molecule has 7 rings (SSSR count). The Labute approximate surface area is 312 Å². The molecular weight excluding hydrogens is 766 g/mol. The molecule has 0 spiro atoms. The van der Waals surface area contributed by atoms with Gasteiger partial charge >= 0.3 is 11.9 Å². The summed E-state index contributed by atoms with van der Waals surface area (Å²) >= 11 is 25.1. The van der Waals surface area contributed by atoms with Gasteiger partial charge in [0.25, 0.3) is 5.24 Å². The molecule has 2 aromatic carbocycles. The molecule has 0 aliphatic heterocycles. The highest BCUT2D eigenvalue weighted by molar-refractivity contribution is 7.24. The molecule has 5 aromatic heterocycles. The summed E-state index contributed by atoms with van der Waals surface area (Å²) in [7, 11) is 0. The van der Waals surface area contributed by atoms with Crippen LogP contribution in [0.25, 0.3) is 36.3 Å². The van der Waals surface area contributed by atoms with E-state index in [0.717, 1.165) is 25.4 Å². The molecular formula is C34H24Cl4N4O6S2. The van der Waals surface area contributed by atoms with Gasteiger partial charge in [0.15, 0.2) is 5.65 Å². The van der Waals surface area contributed by atoms with Crippen molar-refractivity contribution in [3.8, 4) is 0 Å². The summed E-state index contributed by atoms with van der Waals surface area (Å²) in [5, 5.41) is 1.06. The Balaban J connectivity index is 0.000000160. The molecule has 0 atom stereocenters. The van der Waals surface area contributed by atoms with Gasteiger partial charge in [-0.2, -0.15) is 0 Å². The summed E-state index contributed by atoms with van der Waals surface area (Å²) in [5.74, 6) is -0.833. The number of carbonyl (C=O) groups is 3. The molecule has 10 nitrogen and oxygen atoms in total. The van der Waals surface area contributed by atoms with Crippen LogP contribution < -0.4 is 5.43 Å². The Morgan fingerprint density at radius 1 is 0.780 bits per heavy atom. The molecule has 0 radical (unpaired) electrons. The van der Waals surface area contributed by atoms with Gasteiger partial charge in [-0.3, -0.25) is 18.8 Å². The average molecular weight is 791 g/mol. The Hall–Kier alpha value is -4.17. The Kier molecular flexibility index (Phi) is 12.4. The number of para-hydroxylation sites is 2. The number of hydrogen-bond donors (Lipinski definition) is 0. The van der Waals surface area contributed by atoms with Crippen molar-refractivity contribution in [3.05, 3.63) is 115 Å². The molecule has 0 aliphatic rings. The molecule has 5 heterocycles. The number of pyridine rings is 3. The molecule has 0 fully saturated rings. The van der Waals surface area contributed by atoms with Crippen molar-refractivity contribution < 1.29 is 23.9 Å². The number of rotatable bonds is 6. The average Bonchev–Trinajstić information content (AvgIpc) is 3.66. The highest BCUT2D eigenvalue weighted by atomic mass is 35.5. The second-order valence-electron chi connectivity index (χ2n) is 9.94. The predicted molar refractivity (Wildman–Crippen MR) is 200 cm³/mol. The van der Waals surface area contributed by atoms with Crippen molar-refractivity contribution >= 4 is 123 Å². The van der Waals surface area contributed by atoms with Gasteiger partial charge in [0.1, 0.15) is 30.9 Å². The molecule has 256 valence electrons. The molecule has 0 saturated carbocycles. The van der Waals surface area contributed by atoms with Crippen LogP contribution >= 0.6 is 69.1 Å². The zero-order chi connectivity index (χ0) is 35.9. The smallest absolute Gasteiger partial charge is 0.345 e. The maximum absolute atomic E-state index is 12.9. The second kappa shape index (κ2) is 16.7. The van der Waals surface area contributed by atoms with Crippen molar-refractivity contribution in [2.75, 3.05) is 13.2 Å². The zero-order valence-electron chi connectivity index (χ0n) is 26.1. The lowest BCUT2D eigenvalue weighted by Crippen LogP contribution is -2.20. The third-order valence-corrected chi connectivity index (χ3v) is 9.79. The molecule has 16 heteroatoms. The fraction of sp³-hybridized carbons (Fsp3) is 0.147. The number of ether oxygens (including phenoxy) is 2. The van der Waals surface area contributed by atoms with Crippen LogP contribution in [0.15, 0.2) is 77.6 Å². The first-order valence-corrected chi connectivity index (χ1v) is 17.9. The van der Waals surface area contributed by atoms with Gasteiger partial charge in [-0.1, -0.05) is 59.1 Å². The van der Waals surface area contributed by atoms with Gasteiger partial charge in [0, 0.05) is 0 Å². The van der Waals surface area contributed by atoms with Crippen LogP contribution in [-0.2, 0) is 20.7 Å². The first kappa shape index (κ1) is 37.1. The molecule has 50 heavy (non-hydrogen) atoms. The van der Waals surface area contributed by atoms with E-state index in [1.165, 1.54) is 34.8 Å². The predicted octanol–water partition coefficient (Wildman–Crippen LogP) is 9.06. The SMILES string of the molecule is CCOC(=O)Cc1nc2ccccc2s1.CCOC(=O)c1c(=O)c2ccc(Cl)nc2n2c1sc1ccccc12.O=C(Cl)c1ccc(Cl)nc1Cl. The van der Waals surface area contributed by atoms with E-state index in [-0.39, 0.29) is 51.0 Å². The lowest BCUT2D eigenvalue weighted by atomic mass is 10.2. The third-order valence-electron chi connectivity index (χ3n) is 6.70. The highest BCUT2D eigenvalue weighted by Gasteiger charge is 2.23. The second-order valence-corrected chi connectivity index (χ2v) is 13.6. The third kappa shape index (κ3) is 8.40. The maximum atomic E-state index is 12.9. The Morgan fingerprint density at radius 3 is 2.12 bits per heavy atom. The summed E-state index contributed by atoms with van der Waals surface area (Å²) < 4.78 is 13.8. The first-order valence-electron chi connectivity index (χ1n) is 14.7. The minimum Gasteiger partial charge on any atom is -0.466 e. The number of fused-ring (bicyclic) bond motifs is 6. The van der Waals surface area contributed by atoms with E-state index in [2.05, 4.69) is 15.0 Å². The number of carbonyl (C=O) groups excluding carboxylic acids is 3. The fourth-order valence-corrected chi connectivity index (χ4v) is 7.54. The Bertz CT molecular complexity index is 2410. The quantitative estimate of drug-likeness (QED) is 0.0920. The van der Waals surface area contributed by atoms with Crippen LogP contribution in [0.4, 0.5) is 0 Å². The summed E-state index contributed by atoms with van der Waals surface area (Å²) in [4.78, 5) is 59.9. The highest BCUT2D eigenvalue weighted by Crippen LogP contribution is 2.31. The summed E-state index contributed by atoms with van der Waals surface area (Å²) in [5.41, 5.74) is 2.06. The van der Waals surface area contributed by atoms with E-state index in [9.17, 15) is 19.2 Å². The fourth-order valence-electron chi connectivity index (χ4n) is 4.64. The number of halogens is 4. The largest absolute Gasteiger partial charge is 0.466 e. The number of hydrogen-bond acceptors (Lipinski definition) is 11. The van der Waals surface area contributed by atoms with E-state index < -0.39 is 11.2 Å². The normalized spacial score (nSPS) is 10.8. The molecule has 0 unspecified atom stereocenters. The van der Waals surface area contributed by atoms with Crippen LogP contribution in [0.3, 0.4) is 0 Å². The van der Waals surface area contributed by atoms with E-state index in [0.29, 0.717) is 22.5 Å². The van der Waals surface area contributed by atoms with Gasteiger partial charge in [-0.25, -0.2) is 19.7 Å². The number of nitrogens with zero attached hydrogens (tertiary/aromatic N) is 4. The van der Waals surface area contributed by atoms with Crippen molar-refractivity contribution in [2.24, 2.45) is 0 Å². The van der Waals surface area contributed by atoms with Crippen LogP contribution in [0.1, 0.15) is 39.6 Å². The lowest BCUT2D eigenvalue weighted by Gasteiger charge is -2.07. The molecule has 0 aliphatic carbocycles. The lowest BCUT2D eigenvalue weighted by molar-refractivity contribution is -0.142. The summed E-state index contributed by atoms with van der Waals surface area (Å²) in [6.45, 7) is 4.13. The summed E-state index contributed by atoms with van der Waals surface area (Å²) in [6.07, 6.45) is 0.271. The number of aromatic nitrogens is 4. The van der Waals surface area contributed by atoms with Crippen molar-refractivity contribution in [2.45, 2.75) is 20.3 Å². The van der Waals surface area contributed by atoms with Crippen molar-refractivity contribution in [1.82, 2.24) is 19.4 Å². The van der Waals surface area contributed by atoms with Gasteiger partial charge in [0.2, 0.25) is 5.43 Å². The molecule has 0 bridgehead atoms. The van der Waals surface area contributed by atoms with E-state index in [1.54, 1.807) is 30.4 Å². The van der Waals surface area contributed by atoms with Crippen molar-refractivity contribution in [1.29, 1.82) is 0 Å². The maximum Gasteiger partial charge on any atom is 0.345 e. The van der Waals surface area contributed by atoms with E-state index in [1.807, 2.05) is 48.5 Å². The Morgan fingerprint density at radius 2 is 1.44 bits per heavy atom. The molecule has 0 N–H and O–H groups in total. The van der Waals surface area contributed by atoms with Crippen LogP contribution in [-0.4, -0.2) is 49.7 Å². The van der Waals surface area contributed by atoms with E-state index in [4.69, 9.17) is 55.9 Å². The van der Waals surface area contributed by atoms with Crippen LogP contribution in [0, 0.1) is 0 Å². The number of esters is 2. The van der Waals surface area contributed by atoms with Gasteiger partial charge in [0.05, 0.1) is 51.0 Å². The molecule has 0 saturated heterocycles. The molecule has 0 amide bonds.